The minimum absolute atomic E-state index is 0.00281. The number of likely N-dealkylation sites (tertiary alicyclic amines) is 1. The molecule has 4 amide bonds. The second-order valence-corrected chi connectivity index (χ2v) is 10.8. The second-order valence-electron chi connectivity index (χ2n) is 10.8. The molecule has 0 aliphatic carbocycles. The van der Waals surface area contributed by atoms with Crippen LogP contribution in [0.25, 0.3) is 0 Å². The van der Waals surface area contributed by atoms with Crippen molar-refractivity contribution in [1.82, 2.24) is 15.2 Å². The largest absolute Gasteiger partial charge is 0.336 e. The Morgan fingerprint density at radius 1 is 1.19 bits per heavy atom. The molecule has 1 spiro atoms. The minimum atomic E-state index is -1.07. The summed E-state index contributed by atoms with van der Waals surface area (Å²) < 4.78 is 0. The molecule has 37 heavy (non-hydrogen) atoms. The zero-order valence-corrected chi connectivity index (χ0v) is 21.3. The van der Waals surface area contributed by atoms with E-state index in [9.17, 15) is 24.4 Å². The molecule has 1 unspecified atom stereocenters. The fraction of sp³-hybridized carbons (Fsp3) is 0.407. The number of hydrogen-bond donors (Lipinski definition) is 3. The van der Waals surface area contributed by atoms with Crippen molar-refractivity contribution in [2.24, 2.45) is 5.41 Å². The number of nitrogens with one attached hydrogen (secondary N) is 3. The molecular weight excluding hydrogens is 472 g/mol. The van der Waals surface area contributed by atoms with Gasteiger partial charge in [0.25, 0.3) is 0 Å². The number of hydrogen-bond acceptors (Lipinski definition) is 6. The maximum atomic E-state index is 13.8. The van der Waals surface area contributed by atoms with E-state index in [0.29, 0.717) is 11.4 Å². The number of fused-ring (bicyclic) bond motifs is 2. The third-order valence-electron chi connectivity index (χ3n) is 6.67. The van der Waals surface area contributed by atoms with Crippen LogP contribution in [0.15, 0.2) is 42.5 Å². The van der Waals surface area contributed by atoms with Gasteiger partial charge in [-0.2, -0.15) is 5.26 Å². The van der Waals surface area contributed by atoms with Crippen LogP contribution in [0, 0.1) is 23.7 Å². The first-order valence-corrected chi connectivity index (χ1v) is 12.1. The van der Waals surface area contributed by atoms with Crippen LogP contribution in [0.1, 0.15) is 44.9 Å². The molecule has 3 heterocycles. The summed E-state index contributed by atoms with van der Waals surface area (Å²) in [5, 5.41) is 17.8. The summed E-state index contributed by atoms with van der Waals surface area (Å²) in [5.41, 5.74) is 0.648. The van der Waals surface area contributed by atoms with Gasteiger partial charge < -0.3 is 20.9 Å². The van der Waals surface area contributed by atoms with Crippen LogP contribution in [0.5, 0.6) is 0 Å². The number of pyridine rings is 1. The predicted molar refractivity (Wildman–Crippen MR) is 136 cm³/mol. The number of carbonyl (C=O) groups is 4. The summed E-state index contributed by atoms with van der Waals surface area (Å²) in [4.78, 5) is 57.8. The number of nitriles is 1. The highest BCUT2D eigenvalue weighted by atomic mass is 16.2. The normalized spacial score (nSPS) is 21.1. The lowest BCUT2D eigenvalue weighted by Gasteiger charge is -2.31. The van der Waals surface area contributed by atoms with E-state index in [1.807, 2.05) is 39.0 Å². The molecule has 10 nitrogen and oxygen atoms in total. The molecule has 2 aliphatic heterocycles. The molecule has 0 radical (unpaired) electrons. The molecule has 3 N–H and O–H groups in total. The van der Waals surface area contributed by atoms with E-state index in [4.69, 9.17) is 0 Å². The molecule has 3 atom stereocenters. The molecule has 4 rings (SSSR count). The number of para-hydroxylation sites is 1. The van der Waals surface area contributed by atoms with Gasteiger partial charge in [0.1, 0.15) is 17.9 Å². The van der Waals surface area contributed by atoms with Crippen LogP contribution in [-0.4, -0.2) is 52.1 Å². The minimum Gasteiger partial charge on any atom is -0.336 e. The molecule has 1 fully saturated rings. The molecule has 2 aliphatic rings. The van der Waals surface area contributed by atoms with Crippen LogP contribution in [0.2, 0.25) is 0 Å². The zero-order valence-electron chi connectivity index (χ0n) is 21.3. The lowest BCUT2D eigenvalue weighted by Crippen LogP contribution is -2.53. The standard InChI is InChI=1S/C27H30N6O4/c1-16-8-7-11-21(29-16)32-23(35)22(34)30-20(13-26(2,3)4)24(36)33-15-27(12-17(33)14-28)18-9-5-6-10-19(18)31-25(27)37/h5-11,17,20H,12-13,15H2,1-4H3,(H,30,34)(H,31,37)(H,29,32,35)/t17?,20-,27-/m0/s1. The number of carbonyl (C=O) groups excluding carboxylic acids is 4. The Balaban J connectivity index is 1.57. The average Bonchev–Trinajstić information content (AvgIpc) is 3.35. The highest BCUT2D eigenvalue weighted by Crippen LogP contribution is 2.46. The first-order chi connectivity index (χ1) is 17.4. The molecule has 0 saturated carbocycles. The van der Waals surface area contributed by atoms with Gasteiger partial charge in [-0.25, -0.2) is 4.98 Å². The first kappa shape index (κ1) is 25.8. The van der Waals surface area contributed by atoms with Gasteiger partial charge in [-0.1, -0.05) is 45.0 Å². The smallest absolute Gasteiger partial charge is 0.314 e. The van der Waals surface area contributed by atoms with E-state index in [1.165, 1.54) is 4.90 Å². The molecule has 0 bridgehead atoms. The van der Waals surface area contributed by atoms with Crippen molar-refractivity contribution in [3.8, 4) is 6.07 Å². The van der Waals surface area contributed by atoms with E-state index >= 15 is 0 Å². The second kappa shape index (κ2) is 9.65. The van der Waals surface area contributed by atoms with Crippen molar-refractivity contribution in [3.63, 3.8) is 0 Å². The molecule has 192 valence electrons. The topological polar surface area (TPSA) is 144 Å². The van der Waals surface area contributed by atoms with Gasteiger partial charge in [-0.15, -0.1) is 0 Å². The molecule has 2 aromatic rings. The van der Waals surface area contributed by atoms with Crippen LogP contribution in [-0.2, 0) is 24.6 Å². The van der Waals surface area contributed by atoms with Crippen molar-refractivity contribution >= 4 is 35.1 Å². The monoisotopic (exact) mass is 502 g/mol. The number of nitrogens with zero attached hydrogens (tertiary/aromatic N) is 3. The van der Waals surface area contributed by atoms with Crippen LogP contribution >= 0.6 is 0 Å². The Morgan fingerprint density at radius 2 is 1.92 bits per heavy atom. The summed E-state index contributed by atoms with van der Waals surface area (Å²) in [7, 11) is 0. The SMILES string of the molecule is Cc1cccc(NC(=O)C(=O)N[C@@H](CC(C)(C)C)C(=O)N2C[C@]3(CC2C#N)C(=O)Nc2ccccc23)n1. The van der Waals surface area contributed by atoms with E-state index in [1.54, 1.807) is 31.2 Å². The maximum absolute atomic E-state index is 13.8. The zero-order chi connectivity index (χ0) is 27.0. The number of amides is 4. The van der Waals surface area contributed by atoms with Crippen molar-refractivity contribution in [2.45, 2.75) is 58.0 Å². The summed E-state index contributed by atoms with van der Waals surface area (Å²) in [6.07, 6.45) is 0.367. The van der Waals surface area contributed by atoms with Gasteiger partial charge in [-0.3, -0.25) is 19.2 Å². The van der Waals surface area contributed by atoms with Gasteiger partial charge in [-0.05, 0) is 42.5 Å². The Labute approximate surface area is 215 Å². The summed E-state index contributed by atoms with van der Waals surface area (Å²) in [6, 6.07) is 12.5. The van der Waals surface area contributed by atoms with Crippen molar-refractivity contribution < 1.29 is 19.2 Å². The Bertz CT molecular complexity index is 1310. The Kier molecular flexibility index (Phi) is 6.74. The fourth-order valence-electron chi connectivity index (χ4n) is 5.01. The fourth-order valence-corrected chi connectivity index (χ4v) is 5.01. The van der Waals surface area contributed by atoms with Crippen LogP contribution < -0.4 is 16.0 Å². The van der Waals surface area contributed by atoms with Gasteiger partial charge in [0.2, 0.25) is 11.8 Å². The first-order valence-electron chi connectivity index (χ1n) is 12.1. The van der Waals surface area contributed by atoms with Crippen LogP contribution in [0.3, 0.4) is 0 Å². The summed E-state index contributed by atoms with van der Waals surface area (Å²) >= 11 is 0. The number of anilines is 2. The number of aromatic nitrogens is 1. The summed E-state index contributed by atoms with van der Waals surface area (Å²) in [5.74, 6) is -2.49. The predicted octanol–water partition coefficient (Wildman–Crippen LogP) is 2.26. The maximum Gasteiger partial charge on any atom is 0.314 e. The molecule has 1 saturated heterocycles. The molecule has 1 aromatic heterocycles. The summed E-state index contributed by atoms with van der Waals surface area (Å²) in [6.45, 7) is 7.48. The van der Waals surface area contributed by atoms with E-state index in [-0.39, 0.29) is 36.5 Å². The lowest BCUT2D eigenvalue weighted by molar-refractivity contribution is -0.141. The Morgan fingerprint density at radius 3 is 2.59 bits per heavy atom. The van der Waals surface area contributed by atoms with E-state index < -0.39 is 35.2 Å². The van der Waals surface area contributed by atoms with Crippen molar-refractivity contribution in [2.75, 3.05) is 17.2 Å². The van der Waals surface area contributed by atoms with Crippen molar-refractivity contribution in [1.29, 1.82) is 5.26 Å². The van der Waals surface area contributed by atoms with Gasteiger partial charge in [0.05, 0.1) is 11.5 Å². The number of benzene rings is 1. The number of aryl methyl sites for hydroxylation is 1. The Hall–Kier alpha value is -4.26. The quantitative estimate of drug-likeness (QED) is 0.547. The lowest BCUT2D eigenvalue weighted by atomic mass is 9.80. The highest BCUT2D eigenvalue weighted by molar-refractivity contribution is 6.39. The van der Waals surface area contributed by atoms with Gasteiger partial charge >= 0.3 is 11.8 Å². The van der Waals surface area contributed by atoms with Gasteiger partial charge in [0.15, 0.2) is 0 Å². The number of rotatable bonds is 4. The van der Waals surface area contributed by atoms with Crippen LogP contribution in [0.4, 0.5) is 11.5 Å². The third-order valence-corrected chi connectivity index (χ3v) is 6.67. The molecular formula is C27H30N6O4. The van der Waals surface area contributed by atoms with Crippen molar-refractivity contribution in [3.05, 3.63) is 53.7 Å². The third kappa shape index (κ3) is 5.16. The highest BCUT2D eigenvalue weighted by Gasteiger charge is 2.56. The average molecular weight is 503 g/mol. The van der Waals surface area contributed by atoms with E-state index in [2.05, 4.69) is 27.0 Å². The van der Waals surface area contributed by atoms with Gasteiger partial charge in [0, 0.05) is 24.3 Å². The molecule has 10 heteroatoms. The van der Waals surface area contributed by atoms with E-state index in [0.717, 1.165) is 5.56 Å². The molecule has 1 aromatic carbocycles.